The molecule has 1 heterocycles. The van der Waals surface area contributed by atoms with Crippen molar-refractivity contribution in [3.05, 3.63) is 74.3 Å². The summed E-state index contributed by atoms with van der Waals surface area (Å²) >= 11 is 12.2. The lowest BCUT2D eigenvalue weighted by atomic mass is 10.2. The molecule has 0 spiro atoms. The third kappa shape index (κ3) is 3.78. The Balaban J connectivity index is 1.84. The van der Waals surface area contributed by atoms with Crippen LogP contribution < -0.4 is 5.56 Å². The lowest BCUT2D eigenvalue weighted by Gasteiger charge is -2.20. The van der Waals surface area contributed by atoms with Crippen LogP contribution in [0, 0.1) is 0 Å². The Morgan fingerprint density at radius 3 is 2.67 bits per heavy atom. The molecular weight excluding hydrogens is 345 g/mol. The fraction of sp³-hybridized carbons (Fsp3) is 0.222. The zero-order chi connectivity index (χ0) is 17.1. The first kappa shape index (κ1) is 17.0. The molecule has 24 heavy (non-hydrogen) atoms. The molecular formula is C18H17Cl2N3O. The van der Waals surface area contributed by atoms with Crippen LogP contribution in [0.5, 0.6) is 0 Å². The summed E-state index contributed by atoms with van der Waals surface area (Å²) in [7, 11) is 0. The van der Waals surface area contributed by atoms with Crippen LogP contribution in [0.1, 0.15) is 18.3 Å². The minimum atomic E-state index is -0.115. The van der Waals surface area contributed by atoms with Gasteiger partial charge in [-0.3, -0.25) is 9.69 Å². The minimum absolute atomic E-state index is 0.115. The van der Waals surface area contributed by atoms with E-state index < -0.39 is 0 Å². The summed E-state index contributed by atoms with van der Waals surface area (Å²) in [6.45, 7) is 4.05. The normalized spacial score (nSPS) is 11.3. The predicted molar refractivity (Wildman–Crippen MR) is 98.6 cm³/mol. The molecule has 0 radical (unpaired) electrons. The number of nitrogens with zero attached hydrogens (tertiary/aromatic N) is 2. The maximum absolute atomic E-state index is 12.2. The molecule has 0 aliphatic rings. The highest BCUT2D eigenvalue weighted by Crippen LogP contribution is 2.22. The molecule has 0 aliphatic carbocycles. The van der Waals surface area contributed by atoms with Gasteiger partial charge in [-0.05, 0) is 36.4 Å². The number of nitrogens with one attached hydrogen (secondary N) is 1. The van der Waals surface area contributed by atoms with E-state index in [-0.39, 0.29) is 5.56 Å². The second-order valence-electron chi connectivity index (χ2n) is 5.57. The van der Waals surface area contributed by atoms with Crippen LogP contribution in [-0.4, -0.2) is 21.4 Å². The van der Waals surface area contributed by atoms with Gasteiger partial charge >= 0.3 is 0 Å². The molecule has 3 aromatic rings. The lowest BCUT2D eigenvalue weighted by molar-refractivity contribution is 0.264. The largest absolute Gasteiger partial charge is 0.309 e. The van der Waals surface area contributed by atoms with Gasteiger partial charge in [0.15, 0.2) is 0 Å². The molecule has 0 fully saturated rings. The zero-order valence-electron chi connectivity index (χ0n) is 13.2. The molecule has 124 valence electrons. The van der Waals surface area contributed by atoms with Gasteiger partial charge < -0.3 is 4.98 Å². The second-order valence-corrected chi connectivity index (χ2v) is 6.41. The average molecular weight is 362 g/mol. The van der Waals surface area contributed by atoms with Crippen LogP contribution in [0.3, 0.4) is 0 Å². The van der Waals surface area contributed by atoms with Gasteiger partial charge in [-0.2, -0.15) is 0 Å². The van der Waals surface area contributed by atoms with Crippen molar-refractivity contribution in [2.75, 3.05) is 6.54 Å². The molecule has 0 atom stereocenters. The van der Waals surface area contributed by atoms with Crippen molar-refractivity contribution in [1.29, 1.82) is 0 Å². The topological polar surface area (TPSA) is 49.0 Å². The molecule has 1 N–H and O–H groups in total. The maximum Gasteiger partial charge on any atom is 0.258 e. The first-order valence-corrected chi connectivity index (χ1v) is 8.46. The Bertz CT molecular complexity index is 924. The zero-order valence-corrected chi connectivity index (χ0v) is 14.7. The van der Waals surface area contributed by atoms with E-state index in [2.05, 4.69) is 21.8 Å². The van der Waals surface area contributed by atoms with Crippen molar-refractivity contribution in [2.24, 2.45) is 0 Å². The predicted octanol–water partition coefficient (Wildman–Crippen LogP) is 4.25. The SMILES string of the molecule is CCN(Cc1nc2ccccc2c(=O)[nH]1)Cc1ccc(Cl)cc1Cl. The van der Waals surface area contributed by atoms with E-state index >= 15 is 0 Å². The van der Waals surface area contributed by atoms with Crippen LogP contribution in [0.25, 0.3) is 10.9 Å². The fourth-order valence-electron chi connectivity index (χ4n) is 2.59. The number of para-hydroxylation sites is 1. The highest BCUT2D eigenvalue weighted by Gasteiger charge is 2.11. The smallest absolute Gasteiger partial charge is 0.258 e. The summed E-state index contributed by atoms with van der Waals surface area (Å²) in [6, 6.07) is 12.8. The fourth-order valence-corrected chi connectivity index (χ4v) is 3.06. The Labute approximate surface area is 150 Å². The Hall–Kier alpha value is -1.88. The third-order valence-corrected chi connectivity index (χ3v) is 4.48. The monoisotopic (exact) mass is 361 g/mol. The first-order chi connectivity index (χ1) is 11.6. The maximum atomic E-state index is 12.2. The Morgan fingerprint density at radius 2 is 1.92 bits per heavy atom. The van der Waals surface area contributed by atoms with Gasteiger partial charge in [0.2, 0.25) is 0 Å². The van der Waals surface area contributed by atoms with Gasteiger partial charge in [0.05, 0.1) is 17.4 Å². The van der Waals surface area contributed by atoms with Gasteiger partial charge in [0.25, 0.3) is 5.56 Å². The first-order valence-electron chi connectivity index (χ1n) is 7.71. The molecule has 0 unspecified atom stereocenters. The second kappa shape index (κ2) is 7.34. The number of hydrogen-bond acceptors (Lipinski definition) is 3. The van der Waals surface area contributed by atoms with E-state index in [1.165, 1.54) is 0 Å². The highest BCUT2D eigenvalue weighted by molar-refractivity contribution is 6.35. The molecule has 2 aromatic carbocycles. The number of benzene rings is 2. The van der Waals surface area contributed by atoms with Gasteiger partial charge in [-0.25, -0.2) is 4.98 Å². The number of halogens is 2. The number of aromatic amines is 1. The number of rotatable bonds is 5. The van der Waals surface area contributed by atoms with Gasteiger partial charge in [-0.15, -0.1) is 0 Å². The summed E-state index contributed by atoms with van der Waals surface area (Å²) in [4.78, 5) is 21.7. The minimum Gasteiger partial charge on any atom is -0.309 e. The molecule has 0 bridgehead atoms. The lowest BCUT2D eigenvalue weighted by Crippen LogP contribution is -2.25. The van der Waals surface area contributed by atoms with Crippen molar-refractivity contribution in [1.82, 2.24) is 14.9 Å². The van der Waals surface area contributed by atoms with Gasteiger partial charge in [0.1, 0.15) is 5.82 Å². The van der Waals surface area contributed by atoms with Crippen molar-refractivity contribution < 1.29 is 0 Å². The summed E-state index contributed by atoms with van der Waals surface area (Å²) in [5.74, 6) is 0.644. The molecule has 0 saturated carbocycles. The number of aromatic nitrogens is 2. The molecule has 0 amide bonds. The van der Waals surface area contributed by atoms with Gasteiger partial charge in [-0.1, -0.05) is 48.3 Å². The number of hydrogen-bond donors (Lipinski definition) is 1. The summed E-state index contributed by atoms with van der Waals surface area (Å²) in [5, 5.41) is 1.86. The molecule has 0 aliphatic heterocycles. The summed E-state index contributed by atoms with van der Waals surface area (Å²) < 4.78 is 0. The van der Waals surface area contributed by atoms with E-state index in [1.807, 2.05) is 30.3 Å². The van der Waals surface area contributed by atoms with E-state index in [1.54, 1.807) is 12.1 Å². The highest BCUT2D eigenvalue weighted by atomic mass is 35.5. The van der Waals surface area contributed by atoms with Crippen molar-refractivity contribution in [3.8, 4) is 0 Å². The van der Waals surface area contributed by atoms with Crippen LogP contribution in [0.15, 0.2) is 47.3 Å². The Morgan fingerprint density at radius 1 is 1.12 bits per heavy atom. The number of fused-ring (bicyclic) bond motifs is 1. The van der Waals surface area contributed by atoms with E-state index in [4.69, 9.17) is 23.2 Å². The standard InChI is InChI=1S/C18H17Cl2N3O/c1-2-23(10-12-7-8-13(19)9-15(12)20)11-17-21-16-6-4-3-5-14(16)18(24)22-17/h3-9H,2,10-11H2,1H3,(H,21,22,24). The van der Waals surface area contributed by atoms with Crippen LogP contribution in [0.4, 0.5) is 0 Å². The summed E-state index contributed by atoms with van der Waals surface area (Å²) in [6.07, 6.45) is 0. The average Bonchev–Trinajstić information content (AvgIpc) is 2.56. The van der Waals surface area contributed by atoms with E-state index in [9.17, 15) is 4.79 Å². The third-order valence-electron chi connectivity index (χ3n) is 3.89. The van der Waals surface area contributed by atoms with Crippen LogP contribution >= 0.6 is 23.2 Å². The van der Waals surface area contributed by atoms with Crippen molar-refractivity contribution in [3.63, 3.8) is 0 Å². The quantitative estimate of drug-likeness (QED) is 0.738. The van der Waals surface area contributed by atoms with Crippen LogP contribution in [-0.2, 0) is 13.1 Å². The van der Waals surface area contributed by atoms with E-state index in [0.717, 1.165) is 12.1 Å². The molecule has 3 rings (SSSR count). The van der Waals surface area contributed by atoms with Crippen LogP contribution in [0.2, 0.25) is 10.0 Å². The molecule has 1 aromatic heterocycles. The Kier molecular flexibility index (Phi) is 5.19. The molecule has 0 saturated heterocycles. The molecule has 6 heteroatoms. The summed E-state index contributed by atoms with van der Waals surface area (Å²) in [5.41, 5.74) is 1.58. The molecule has 4 nitrogen and oxygen atoms in total. The van der Waals surface area contributed by atoms with E-state index in [0.29, 0.717) is 39.9 Å². The van der Waals surface area contributed by atoms with Gasteiger partial charge in [0, 0.05) is 16.6 Å². The number of H-pyrrole nitrogens is 1. The van der Waals surface area contributed by atoms with Crippen molar-refractivity contribution >= 4 is 34.1 Å². The van der Waals surface area contributed by atoms with Crippen molar-refractivity contribution in [2.45, 2.75) is 20.0 Å².